The number of thiophene rings is 1. The molecule has 0 aromatic carbocycles. The first-order chi connectivity index (χ1) is 7.16. The highest BCUT2D eigenvalue weighted by molar-refractivity contribution is 9.12. The summed E-state index contributed by atoms with van der Waals surface area (Å²) in [7, 11) is 0. The highest BCUT2D eigenvalue weighted by Gasteiger charge is 2.20. The molecular formula is C9H9Br2NO2S. The molecule has 1 amide bonds. The molecule has 0 saturated carbocycles. The van der Waals surface area contributed by atoms with Crippen molar-refractivity contribution in [3.8, 4) is 0 Å². The van der Waals surface area contributed by atoms with Crippen LogP contribution in [-0.4, -0.2) is 25.2 Å². The van der Waals surface area contributed by atoms with E-state index in [9.17, 15) is 4.79 Å². The molecule has 82 valence electrons. The van der Waals surface area contributed by atoms with Gasteiger partial charge in [0.15, 0.2) is 0 Å². The van der Waals surface area contributed by atoms with Crippen molar-refractivity contribution >= 4 is 49.1 Å². The molecule has 2 heterocycles. The van der Waals surface area contributed by atoms with Crippen molar-refractivity contribution in [2.75, 3.05) is 13.2 Å². The number of nitrogens with one attached hydrogen (secondary N) is 1. The molecule has 6 heteroatoms. The average molecular weight is 355 g/mol. The Bertz CT molecular complexity index is 374. The fourth-order valence-electron chi connectivity index (χ4n) is 1.41. The average Bonchev–Trinajstić information content (AvgIpc) is 2.75. The van der Waals surface area contributed by atoms with Crippen LogP contribution in [0.25, 0.3) is 0 Å². The maximum absolute atomic E-state index is 11.8. The molecule has 2 rings (SSSR count). The van der Waals surface area contributed by atoms with E-state index in [4.69, 9.17) is 4.74 Å². The lowest BCUT2D eigenvalue weighted by Crippen LogP contribution is -2.34. The second-order valence-corrected chi connectivity index (χ2v) is 7.02. The summed E-state index contributed by atoms with van der Waals surface area (Å²) >= 11 is 8.21. The highest BCUT2D eigenvalue weighted by Crippen LogP contribution is 2.31. The Labute approximate surface area is 108 Å². The van der Waals surface area contributed by atoms with E-state index < -0.39 is 0 Å². The monoisotopic (exact) mass is 353 g/mol. The summed E-state index contributed by atoms with van der Waals surface area (Å²) in [4.78, 5) is 11.8. The third-order valence-corrected chi connectivity index (χ3v) is 4.51. The van der Waals surface area contributed by atoms with E-state index >= 15 is 0 Å². The van der Waals surface area contributed by atoms with Crippen molar-refractivity contribution in [2.24, 2.45) is 0 Å². The van der Waals surface area contributed by atoms with Crippen LogP contribution >= 0.6 is 43.2 Å². The molecular weight excluding hydrogens is 346 g/mol. The maximum Gasteiger partial charge on any atom is 0.253 e. The predicted molar refractivity (Wildman–Crippen MR) is 66.4 cm³/mol. The summed E-state index contributed by atoms with van der Waals surface area (Å²) in [6, 6.07) is 1.97. The van der Waals surface area contributed by atoms with Crippen LogP contribution in [0.2, 0.25) is 0 Å². The van der Waals surface area contributed by atoms with Gasteiger partial charge < -0.3 is 10.1 Å². The first-order valence-corrected chi connectivity index (χ1v) is 6.90. The van der Waals surface area contributed by atoms with Gasteiger partial charge in [-0.25, -0.2) is 0 Å². The van der Waals surface area contributed by atoms with Gasteiger partial charge >= 0.3 is 0 Å². The standard InChI is InChI=1S/C9H9Br2NO2S/c10-7-3-6(8(11)15-7)9(13)12-5-1-2-14-4-5/h3,5H,1-2,4H2,(H,12,13). The van der Waals surface area contributed by atoms with E-state index in [0.717, 1.165) is 20.6 Å². The molecule has 1 aliphatic rings. The minimum Gasteiger partial charge on any atom is -0.379 e. The Kier molecular flexibility index (Phi) is 3.82. The van der Waals surface area contributed by atoms with Crippen molar-refractivity contribution in [3.63, 3.8) is 0 Å². The van der Waals surface area contributed by atoms with Gasteiger partial charge in [-0.3, -0.25) is 4.79 Å². The van der Waals surface area contributed by atoms with Crippen LogP contribution in [0.1, 0.15) is 16.8 Å². The summed E-state index contributed by atoms with van der Waals surface area (Å²) in [5.41, 5.74) is 0.679. The van der Waals surface area contributed by atoms with Crippen molar-refractivity contribution in [3.05, 3.63) is 19.2 Å². The molecule has 1 unspecified atom stereocenters. The topological polar surface area (TPSA) is 38.3 Å². The minimum atomic E-state index is -0.0423. The van der Waals surface area contributed by atoms with Crippen molar-refractivity contribution in [1.29, 1.82) is 0 Å². The maximum atomic E-state index is 11.8. The van der Waals surface area contributed by atoms with Gasteiger partial charge in [0, 0.05) is 6.61 Å². The lowest BCUT2D eigenvalue weighted by atomic mass is 10.2. The van der Waals surface area contributed by atoms with E-state index in [2.05, 4.69) is 37.2 Å². The predicted octanol–water partition coefficient (Wildman–Crippen LogP) is 2.79. The fourth-order valence-corrected chi connectivity index (χ4v) is 4.20. The van der Waals surface area contributed by atoms with E-state index in [1.54, 1.807) is 0 Å². The SMILES string of the molecule is O=C(NC1CCOC1)c1cc(Br)sc1Br. The number of carbonyl (C=O) groups excluding carboxylic acids is 1. The molecule has 0 aliphatic carbocycles. The lowest BCUT2D eigenvalue weighted by Gasteiger charge is -2.09. The zero-order valence-corrected chi connectivity index (χ0v) is 11.7. The van der Waals surface area contributed by atoms with Crippen LogP contribution in [0.5, 0.6) is 0 Å². The lowest BCUT2D eigenvalue weighted by molar-refractivity contribution is 0.0929. The van der Waals surface area contributed by atoms with Crippen LogP contribution < -0.4 is 5.32 Å². The number of carbonyl (C=O) groups is 1. The molecule has 0 radical (unpaired) electrons. The Hall–Kier alpha value is 0.0900. The van der Waals surface area contributed by atoms with Crippen LogP contribution in [-0.2, 0) is 4.74 Å². The molecule has 1 aliphatic heterocycles. The first-order valence-electron chi connectivity index (χ1n) is 4.50. The number of amides is 1. The van der Waals surface area contributed by atoms with Gasteiger partial charge in [-0.05, 0) is 44.3 Å². The van der Waals surface area contributed by atoms with E-state index in [1.807, 2.05) is 6.07 Å². The third-order valence-electron chi connectivity index (χ3n) is 2.17. The van der Waals surface area contributed by atoms with Crippen molar-refractivity contribution in [2.45, 2.75) is 12.5 Å². The highest BCUT2D eigenvalue weighted by atomic mass is 79.9. The third kappa shape index (κ3) is 2.81. The number of rotatable bonds is 2. The molecule has 15 heavy (non-hydrogen) atoms. The molecule has 1 aromatic rings. The van der Waals surface area contributed by atoms with Crippen LogP contribution in [0.4, 0.5) is 0 Å². The van der Waals surface area contributed by atoms with Gasteiger partial charge in [0.1, 0.15) is 0 Å². The molecule has 1 atom stereocenters. The zero-order valence-electron chi connectivity index (χ0n) is 7.76. The van der Waals surface area contributed by atoms with Crippen molar-refractivity contribution in [1.82, 2.24) is 5.32 Å². The Morgan fingerprint density at radius 1 is 1.60 bits per heavy atom. The number of halogens is 2. The van der Waals surface area contributed by atoms with Gasteiger partial charge in [0.05, 0.1) is 25.8 Å². The molecule has 1 aromatic heterocycles. The Morgan fingerprint density at radius 3 is 2.93 bits per heavy atom. The number of hydrogen-bond donors (Lipinski definition) is 1. The quantitative estimate of drug-likeness (QED) is 0.886. The number of hydrogen-bond acceptors (Lipinski definition) is 3. The minimum absolute atomic E-state index is 0.0423. The molecule has 1 fully saturated rings. The molecule has 1 saturated heterocycles. The van der Waals surface area contributed by atoms with Crippen molar-refractivity contribution < 1.29 is 9.53 Å². The molecule has 3 nitrogen and oxygen atoms in total. The van der Waals surface area contributed by atoms with Crippen LogP contribution in [0.15, 0.2) is 13.6 Å². The molecule has 0 bridgehead atoms. The zero-order chi connectivity index (χ0) is 10.8. The molecule has 0 spiro atoms. The Balaban J connectivity index is 2.03. The second kappa shape index (κ2) is 4.95. The summed E-state index contributed by atoms with van der Waals surface area (Å²) in [6.45, 7) is 1.36. The number of ether oxygens (including phenoxy) is 1. The second-order valence-electron chi connectivity index (χ2n) is 3.27. The van der Waals surface area contributed by atoms with E-state index in [1.165, 1.54) is 11.3 Å². The normalized spacial score (nSPS) is 20.5. The van der Waals surface area contributed by atoms with E-state index in [-0.39, 0.29) is 11.9 Å². The van der Waals surface area contributed by atoms with Gasteiger partial charge in [-0.1, -0.05) is 0 Å². The van der Waals surface area contributed by atoms with Gasteiger partial charge in [-0.15, -0.1) is 11.3 Å². The molecule has 1 N–H and O–H groups in total. The van der Waals surface area contributed by atoms with Crippen LogP contribution in [0, 0.1) is 0 Å². The smallest absolute Gasteiger partial charge is 0.253 e. The Morgan fingerprint density at radius 2 is 2.40 bits per heavy atom. The van der Waals surface area contributed by atoms with Gasteiger partial charge in [0.25, 0.3) is 5.91 Å². The van der Waals surface area contributed by atoms with Gasteiger partial charge in [-0.2, -0.15) is 0 Å². The van der Waals surface area contributed by atoms with Crippen LogP contribution in [0.3, 0.4) is 0 Å². The summed E-state index contributed by atoms with van der Waals surface area (Å²) in [6.07, 6.45) is 0.897. The first kappa shape index (κ1) is 11.6. The summed E-state index contributed by atoms with van der Waals surface area (Å²) < 4.78 is 7.00. The van der Waals surface area contributed by atoms with E-state index in [0.29, 0.717) is 12.2 Å². The fraction of sp³-hybridized carbons (Fsp3) is 0.444. The summed E-state index contributed by atoms with van der Waals surface area (Å²) in [5.74, 6) is -0.0423. The largest absolute Gasteiger partial charge is 0.379 e. The summed E-state index contributed by atoms with van der Waals surface area (Å²) in [5, 5.41) is 2.94. The van der Waals surface area contributed by atoms with Gasteiger partial charge in [0.2, 0.25) is 0 Å².